The van der Waals surface area contributed by atoms with Crippen LogP contribution in [0.15, 0.2) is 12.3 Å². The number of nitrogens with two attached hydrogens (primary N) is 1. The lowest BCUT2D eigenvalue weighted by Crippen LogP contribution is -2.38. The number of nitrogens with zero attached hydrogens (tertiary/aromatic N) is 1. The van der Waals surface area contributed by atoms with E-state index in [1.165, 1.54) is 0 Å². The average Bonchev–Trinajstić information content (AvgIpc) is 3.07. The maximum absolute atomic E-state index is 11.7. The number of rotatable bonds is 4. The third-order valence-corrected chi connectivity index (χ3v) is 2.83. The van der Waals surface area contributed by atoms with Gasteiger partial charge in [-0.2, -0.15) is 0 Å². The van der Waals surface area contributed by atoms with E-state index in [1.54, 1.807) is 6.20 Å². The molecule has 17 heavy (non-hydrogen) atoms. The van der Waals surface area contributed by atoms with E-state index in [9.17, 15) is 4.79 Å². The number of aryl methyl sites for hydroxylation is 1. The molecule has 0 bridgehead atoms. The van der Waals surface area contributed by atoms with Crippen molar-refractivity contribution in [2.45, 2.75) is 38.8 Å². The summed E-state index contributed by atoms with van der Waals surface area (Å²) in [5.74, 6) is 0.693. The first-order chi connectivity index (χ1) is 8.06. The van der Waals surface area contributed by atoms with Gasteiger partial charge in [-0.25, -0.2) is 4.98 Å². The van der Waals surface area contributed by atoms with Gasteiger partial charge in [0.1, 0.15) is 11.9 Å². The third kappa shape index (κ3) is 3.09. The summed E-state index contributed by atoms with van der Waals surface area (Å²) >= 11 is 0. The molecule has 1 aliphatic rings. The Bertz CT molecular complexity index is 429. The van der Waals surface area contributed by atoms with E-state index in [-0.39, 0.29) is 11.9 Å². The van der Waals surface area contributed by atoms with Crippen LogP contribution in [-0.2, 0) is 4.79 Å². The molecule has 1 unspecified atom stereocenters. The van der Waals surface area contributed by atoms with Crippen LogP contribution in [0.3, 0.4) is 0 Å². The van der Waals surface area contributed by atoms with Gasteiger partial charge in [-0.05, 0) is 38.3 Å². The molecule has 5 nitrogen and oxygen atoms in total. The zero-order valence-electron chi connectivity index (χ0n) is 10.2. The number of pyridine rings is 1. The molecule has 5 heteroatoms. The lowest BCUT2D eigenvalue weighted by molar-refractivity contribution is -0.121. The van der Waals surface area contributed by atoms with Crippen molar-refractivity contribution in [1.82, 2.24) is 10.3 Å². The maximum Gasteiger partial charge on any atom is 0.242 e. The molecule has 0 aromatic carbocycles. The van der Waals surface area contributed by atoms with Crippen molar-refractivity contribution < 1.29 is 4.79 Å². The first-order valence-electron chi connectivity index (χ1n) is 5.85. The van der Waals surface area contributed by atoms with Crippen LogP contribution in [0.1, 0.15) is 25.3 Å². The molecule has 1 atom stereocenters. The van der Waals surface area contributed by atoms with E-state index in [0.717, 1.165) is 18.4 Å². The molecule has 1 saturated carbocycles. The van der Waals surface area contributed by atoms with Crippen LogP contribution >= 0.6 is 0 Å². The quantitative estimate of drug-likeness (QED) is 0.727. The van der Waals surface area contributed by atoms with Crippen LogP contribution in [0.4, 0.5) is 11.5 Å². The maximum atomic E-state index is 11.7. The highest BCUT2D eigenvalue weighted by atomic mass is 16.2. The Kier molecular flexibility index (Phi) is 3.17. The van der Waals surface area contributed by atoms with Gasteiger partial charge in [0, 0.05) is 6.04 Å². The van der Waals surface area contributed by atoms with Gasteiger partial charge in [-0.1, -0.05) is 0 Å². The van der Waals surface area contributed by atoms with E-state index in [0.29, 0.717) is 17.5 Å². The highest BCUT2D eigenvalue weighted by molar-refractivity contribution is 5.84. The second-order valence-electron chi connectivity index (χ2n) is 4.58. The number of hydrogen-bond donors (Lipinski definition) is 3. The summed E-state index contributed by atoms with van der Waals surface area (Å²) < 4.78 is 0. The van der Waals surface area contributed by atoms with Crippen LogP contribution in [-0.4, -0.2) is 23.0 Å². The Hall–Kier alpha value is -1.78. The minimum atomic E-state index is -0.286. The number of hydrogen-bond acceptors (Lipinski definition) is 4. The molecular formula is C12H18N4O. The van der Waals surface area contributed by atoms with Crippen molar-refractivity contribution in [2.75, 3.05) is 11.1 Å². The average molecular weight is 234 g/mol. The topological polar surface area (TPSA) is 80.0 Å². The Morgan fingerprint density at radius 1 is 1.59 bits per heavy atom. The molecule has 1 aliphatic carbocycles. The highest BCUT2D eigenvalue weighted by Crippen LogP contribution is 2.19. The van der Waals surface area contributed by atoms with Gasteiger partial charge in [0.05, 0.1) is 11.9 Å². The van der Waals surface area contributed by atoms with Gasteiger partial charge in [-0.3, -0.25) is 4.79 Å². The molecule has 1 aromatic rings. The number of amides is 1. The second-order valence-corrected chi connectivity index (χ2v) is 4.58. The van der Waals surface area contributed by atoms with Crippen LogP contribution in [0.25, 0.3) is 0 Å². The van der Waals surface area contributed by atoms with Gasteiger partial charge in [-0.15, -0.1) is 0 Å². The molecule has 92 valence electrons. The molecule has 0 radical (unpaired) electrons. The van der Waals surface area contributed by atoms with Crippen molar-refractivity contribution in [3.63, 3.8) is 0 Å². The Balaban J connectivity index is 1.94. The van der Waals surface area contributed by atoms with Crippen LogP contribution in [0, 0.1) is 6.92 Å². The molecule has 0 saturated heterocycles. The molecule has 1 fully saturated rings. The first kappa shape index (κ1) is 11.7. The second kappa shape index (κ2) is 4.61. The van der Waals surface area contributed by atoms with E-state index in [2.05, 4.69) is 15.6 Å². The van der Waals surface area contributed by atoms with Crippen molar-refractivity contribution in [3.8, 4) is 0 Å². The fraction of sp³-hybridized carbons (Fsp3) is 0.500. The largest absolute Gasteiger partial charge is 0.397 e. The fourth-order valence-corrected chi connectivity index (χ4v) is 1.49. The number of aromatic nitrogens is 1. The summed E-state index contributed by atoms with van der Waals surface area (Å²) in [5, 5.41) is 6.01. The molecule has 2 rings (SSSR count). The normalized spacial score (nSPS) is 16.4. The van der Waals surface area contributed by atoms with E-state index >= 15 is 0 Å². The first-order valence-corrected chi connectivity index (χ1v) is 5.85. The van der Waals surface area contributed by atoms with Crippen molar-refractivity contribution >= 4 is 17.4 Å². The lowest BCUT2D eigenvalue weighted by atomic mass is 10.2. The number of carbonyl (C=O) groups excluding carboxylic acids is 1. The van der Waals surface area contributed by atoms with Gasteiger partial charge in [0.25, 0.3) is 0 Å². The predicted molar refractivity (Wildman–Crippen MR) is 67.6 cm³/mol. The molecular weight excluding hydrogens is 216 g/mol. The molecule has 4 N–H and O–H groups in total. The zero-order valence-corrected chi connectivity index (χ0v) is 10.2. The SMILES string of the molecule is Cc1cc(NC(C)C(=O)NC2CC2)ncc1N. The Morgan fingerprint density at radius 3 is 2.88 bits per heavy atom. The third-order valence-electron chi connectivity index (χ3n) is 2.83. The minimum Gasteiger partial charge on any atom is -0.397 e. The smallest absolute Gasteiger partial charge is 0.242 e. The van der Waals surface area contributed by atoms with Crippen LogP contribution in [0.2, 0.25) is 0 Å². The molecule has 0 aliphatic heterocycles. The molecule has 1 heterocycles. The monoisotopic (exact) mass is 234 g/mol. The highest BCUT2D eigenvalue weighted by Gasteiger charge is 2.25. The number of nitrogens with one attached hydrogen (secondary N) is 2. The molecule has 0 spiro atoms. The standard InChI is InChI=1S/C12H18N4O/c1-7-5-11(14-6-10(7)13)15-8(2)12(17)16-9-3-4-9/h5-6,8-9H,3-4,13H2,1-2H3,(H,14,15)(H,16,17). The number of carbonyl (C=O) groups is 1. The van der Waals surface area contributed by atoms with Gasteiger partial charge < -0.3 is 16.4 Å². The summed E-state index contributed by atoms with van der Waals surface area (Å²) in [6.07, 6.45) is 3.79. The van der Waals surface area contributed by atoms with Gasteiger partial charge in [0.2, 0.25) is 5.91 Å². The summed E-state index contributed by atoms with van der Waals surface area (Å²) in [6.45, 7) is 3.74. The van der Waals surface area contributed by atoms with E-state index in [1.807, 2.05) is 19.9 Å². The van der Waals surface area contributed by atoms with Crippen molar-refractivity contribution in [3.05, 3.63) is 17.8 Å². The fourth-order valence-electron chi connectivity index (χ4n) is 1.49. The Morgan fingerprint density at radius 2 is 2.29 bits per heavy atom. The molecule has 1 aromatic heterocycles. The number of nitrogen functional groups attached to an aromatic ring is 1. The summed E-state index contributed by atoms with van der Waals surface area (Å²) in [5.41, 5.74) is 7.30. The summed E-state index contributed by atoms with van der Waals surface area (Å²) in [4.78, 5) is 15.9. The Labute approximate surface area is 101 Å². The van der Waals surface area contributed by atoms with E-state index in [4.69, 9.17) is 5.73 Å². The minimum absolute atomic E-state index is 0.0174. The molecule has 1 amide bonds. The summed E-state index contributed by atoms with van der Waals surface area (Å²) in [7, 11) is 0. The predicted octanol–water partition coefficient (Wildman–Crippen LogP) is 1.05. The van der Waals surface area contributed by atoms with Gasteiger partial charge in [0.15, 0.2) is 0 Å². The van der Waals surface area contributed by atoms with Crippen molar-refractivity contribution in [1.29, 1.82) is 0 Å². The zero-order chi connectivity index (χ0) is 12.4. The summed E-state index contributed by atoms with van der Waals surface area (Å²) in [6, 6.07) is 1.94. The van der Waals surface area contributed by atoms with Gasteiger partial charge >= 0.3 is 0 Å². The van der Waals surface area contributed by atoms with Crippen LogP contribution < -0.4 is 16.4 Å². The van der Waals surface area contributed by atoms with Crippen molar-refractivity contribution in [2.24, 2.45) is 0 Å². The van der Waals surface area contributed by atoms with E-state index < -0.39 is 0 Å². The lowest BCUT2D eigenvalue weighted by Gasteiger charge is -2.14. The van der Waals surface area contributed by atoms with Crippen LogP contribution in [0.5, 0.6) is 0 Å². The number of anilines is 2.